The number of piperidine rings is 1. The summed E-state index contributed by atoms with van der Waals surface area (Å²) in [6.07, 6.45) is 6.55. The van der Waals surface area contributed by atoms with Gasteiger partial charge in [-0.05, 0) is 44.1 Å². The summed E-state index contributed by atoms with van der Waals surface area (Å²) in [6.45, 7) is 1.05. The molecule has 0 saturated carbocycles. The molecule has 0 radical (unpaired) electrons. The summed E-state index contributed by atoms with van der Waals surface area (Å²) >= 11 is 0. The molecular formula is C17H25NO2. The molecule has 110 valence electrons. The van der Waals surface area contributed by atoms with Crippen molar-refractivity contribution in [3.63, 3.8) is 0 Å². The lowest BCUT2D eigenvalue weighted by Crippen LogP contribution is -2.44. The highest BCUT2D eigenvalue weighted by Crippen LogP contribution is 2.21. The van der Waals surface area contributed by atoms with Gasteiger partial charge in [-0.3, -0.25) is 4.79 Å². The van der Waals surface area contributed by atoms with Crippen molar-refractivity contribution in [2.24, 2.45) is 0 Å². The molecule has 3 nitrogen and oxygen atoms in total. The number of likely N-dealkylation sites (tertiary alicyclic amines) is 1. The Balaban J connectivity index is 1.78. The first-order chi connectivity index (χ1) is 9.81. The van der Waals surface area contributed by atoms with Crippen molar-refractivity contribution in [2.75, 3.05) is 13.2 Å². The molecule has 0 spiro atoms. The van der Waals surface area contributed by atoms with Gasteiger partial charge in [0.25, 0.3) is 0 Å². The minimum Gasteiger partial charge on any atom is -0.396 e. The second kappa shape index (κ2) is 8.05. The number of aryl methyl sites for hydroxylation is 1. The minimum atomic E-state index is 0.179. The second-order valence-corrected chi connectivity index (χ2v) is 5.59. The van der Waals surface area contributed by atoms with E-state index >= 15 is 0 Å². The topological polar surface area (TPSA) is 40.5 Å². The van der Waals surface area contributed by atoms with Gasteiger partial charge in [0, 0.05) is 25.6 Å². The maximum absolute atomic E-state index is 12.3. The maximum atomic E-state index is 12.3. The second-order valence-electron chi connectivity index (χ2n) is 5.59. The van der Waals surface area contributed by atoms with E-state index < -0.39 is 0 Å². The Morgan fingerprint density at radius 1 is 1.25 bits per heavy atom. The predicted molar refractivity (Wildman–Crippen MR) is 80.4 cm³/mol. The molecule has 1 heterocycles. The standard InChI is InChI=1S/C17H25NO2/c19-14-12-16-10-4-5-13-18(16)17(20)11-6-9-15-7-2-1-3-8-15/h1-3,7-8,16,19H,4-6,9-14H2. The van der Waals surface area contributed by atoms with Crippen molar-refractivity contribution in [1.82, 2.24) is 4.90 Å². The first kappa shape index (κ1) is 15.0. The number of hydrogen-bond donors (Lipinski definition) is 1. The van der Waals surface area contributed by atoms with Crippen molar-refractivity contribution >= 4 is 5.91 Å². The molecule has 1 N–H and O–H groups in total. The molecule has 3 heteroatoms. The highest BCUT2D eigenvalue weighted by atomic mass is 16.3. The number of hydrogen-bond acceptors (Lipinski definition) is 2. The number of aliphatic hydroxyl groups excluding tert-OH is 1. The Hall–Kier alpha value is -1.35. The molecule has 1 fully saturated rings. The van der Waals surface area contributed by atoms with Gasteiger partial charge in [-0.15, -0.1) is 0 Å². The SMILES string of the molecule is O=C(CCCc1ccccc1)N1CCCCC1CCO. The smallest absolute Gasteiger partial charge is 0.222 e. The van der Waals surface area contributed by atoms with Gasteiger partial charge >= 0.3 is 0 Å². The molecule has 20 heavy (non-hydrogen) atoms. The highest BCUT2D eigenvalue weighted by molar-refractivity contribution is 5.76. The summed E-state index contributed by atoms with van der Waals surface area (Å²) in [5.74, 6) is 0.263. The fourth-order valence-electron chi connectivity index (χ4n) is 3.01. The van der Waals surface area contributed by atoms with E-state index in [4.69, 9.17) is 5.11 Å². The van der Waals surface area contributed by atoms with Gasteiger partial charge in [-0.25, -0.2) is 0 Å². The third-order valence-corrected chi connectivity index (χ3v) is 4.11. The molecule has 0 aromatic heterocycles. The quantitative estimate of drug-likeness (QED) is 0.867. The Bertz CT molecular complexity index is 403. The van der Waals surface area contributed by atoms with E-state index in [1.807, 2.05) is 23.1 Å². The van der Waals surface area contributed by atoms with Crippen LogP contribution in [0.5, 0.6) is 0 Å². The fourth-order valence-corrected chi connectivity index (χ4v) is 3.01. The number of rotatable bonds is 6. The lowest BCUT2D eigenvalue weighted by Gasteiger charge is -2.35. The van der Waals surface area contributed by atoms with Crippen LogP contribution in [0.4, 0.5) is 0 Å². The largest absolute Gasteiger partial charge is 0.396 e. The average Bonchev–Trinajstić information content (AvgIpc) is 2.49. The summed E-state index contributed by atoms with van der Waals surface area (Å²) in [5.41, 5.74) is 1.30. The van der Waals surface area contributed by atoms with E-state index in [0.29, 0.717) is 6.42 Å². The Kier molecular flexibility index (Phi) is 6.06. The molecule has 0 aliphatic carbocycles. The van der Waals surface area contributed by atoms with Crippen LogP contribution in [-0.4, -0.2) is 35.1 Å². The average molecular weight is 275 g/mol. The van der Waals surface area contributed by atoms with Crippen molar-refractivity contribution in [1.29, 1.82) is 0 Å². The number of carbonyl (C=O) groups excluding carboxylic acids is 1. The van der Waals surface area contributed by atoms with Crippen LogP contribution in [0.1, 0.15) is 44.1 Å². The molecule has 1 unspecified atom stereocenters. The zero-order chi connectivity index (χ0) is 14.2. The van der Waals surface area contributed by atoms with Crippen molar-refractivity contribution in [3.8, 4) is 0 Å². The molecule has 1 aromatic carbocycles. The van der Waals surface area contributed by atoms with Gasteiger partial charge < -0.3 is 10.0 Å². The molecule has 1 atom stereocenters. The molecule has 1 amide bonds. The van der Waals surface area contributed by atoms with Gasteiger partial charge in [0.05, 0.1) is 0 Å². The lowest BCUT2D eigenvalue weighted by atomic mass is 9.98. The molecule has 1 aliphatic heterocycles. The number of nitrogens with zero attached hydrogens (tertiary/aromatic N) is 1. The van der Waals surface area contributed by atoms with E-state index in [-0.39, 0.29) is 18.6 Å². The molecule has 0 bridgehead atoms. The molecule has 2 rings (SSSR count). The Morgan fingerprint density at radius 3 is 2.80 bits per heavy atom. The maximum Gasteiger partial charge on any atom is 0.222 e. The molecule has 1 saturated heterocycles. The normalized spacial score (nSPS) is 19.1. The Morgan fingerprint density at radius 2 is 2.05 bits per heavy atom. The first-order valence-corrected chi connectivity index (χ1v) is 7.75. The van der Waals surface area contributed by atoms with Crippen molar-refractivity contribution in [2.45, 2.75) is 51.0 Å². The van der Waals surface area contributed by atoms with E-state index in [2.05, 4.69) is 12.1 Å². The van der Waals surface area contributed by atoms with Gasteiger partial charge in [0.2, 0.25) is 5.91 Å². The van der Waals surface area contributed by atoms with Gasteiger partial charge in [0.1, 0.15) is 0 Å². The third kappa shape index (κ3) is 4.34. The fraction of sp³-hybridized carbons (Fsp3) is 0.588. The van der Waals surface area contributed by atoms with Crippen molar-refractivity contribution in [3.05, 3.63) is 35.9 Å². The minimum absolute atomic E-state index is 0.179. The molecular weight excluding hydrogens is 250 g/mol. The molecule has 1 aliphatic rings. The summed E-state index contributed by atoms with van der Waals surface area (Å²) in [7, 11) is 0. The van der Waals surface area contributed by atoms with Gasteiger partial charge in [-0.1, -0.05) is 30.3 Å². The predicted octanol–water partition coefficient (Wildman–Crippen LogP) is 2.77. The van der Waals surface area contributed by atoms with Crippen LogP contribution < -0.4 is 0 Å². The number of amides is 1. The lowest BCUT2D eigenvalue weighted by molar-refractivity contribution is -0.135. The van der Waals surface area contributed by atoms with Crippen LogP contribution in [0.25, 0.3) is 0 Å². The Labute approximate surface area is 121 Å². The third-order valence-electron chi connectivity index (χ3n) is 4.11. The van der Waals surface area contributed by atoms with E-state index in [1.165, 1.54) is 12.0 Å². The molecule has 1 aromatic rings. The summed E-state index contributed by atoms with van der Waals surface area (Å²) < 4.78 is 0. The summed E-state index contributed by atoms with van der Waals surface area (Å²) in [5, 5.41) is 9.10. The van der Waals surface area contributed by atoms with Crippen LogP contribution in [0.2, 0.25) is 0 Å². The zero-order valence-corrected chi connectivity index (χ0v) is 12.1. The van der Waals surface area contributed by atoms with Crippen LogP contribution in [-0.2, 0) is 11.2 Å². The van der Waals surface area contributed by atoms with Crippen molar-refractivity contribution < 1.29 is 9.90 Å². The van der Waals surface area contributed by atoms with Crippen LogP contribution in [0.3, 0.4) is 0 Å². The highest BCUT2D eigenvalue weighted by Gasteiger charge is 2.25. The number of carbonyl (C=O) groups is 1. The van der Waals surface area contributed by atoms with E-state index in [0.717, 1.165) is 38.6 Å². The number of benzene rings is 1. The zero-order valence-electron chi connectivity index (χ0n) is 12.1. The first-order valence-electron chi connectivity index (χ1n) is 7.75. The summed E-state index contributed by atoms with van der Waals surface area (Å²) in [6, 6.07) is 10.6. The van der Waals surface area contributed by atoms with E-state index in [9.17, 15) is 4.79 Å². The van der Waals surface area contributed by atoms with Gasteiger partial charge in [-0.2, -0.15) is 0 Å². The van der Waals surface area contributed by atoms with E-state index in [1.54, 1.807) is 0 Å². The van der Waals surface area contributed by atoms with Crippen LogP contribution in [0.15, 0.2) is 30.3 Å². The van der Waals surface area contributed by atoms with Gasteiger partial charge in [0.15, 0.2) is 0 Å². The summed E-state index contributed by atoms with van der Waals surface area (Å²) in [4.78, 5) is 14.3. The number of aliphatic hydroxyl groups is 1. The van der Waals surface area contributed by atoms with Crippen LogP contribution >= 0.6 is 0 Å². The van der Waals surface area contributed by atoms with Crippen LogP contribution in [0, 0.1) is 0 Å². The monoisotopic (exact) mass is 275 g/mol.